The summed E-state index contributed by atoms with van der Waals surface area (Å²) in [5.41, 5.74) is 17.2. The van der Waals surface area contributed by atoms with Gasteiger partial charge in [-0.25, -0.2) is 0 Å². The van der Waals surface area contributed by atoms with Crippen molar-refractivity contribution >= 4 is 41.4 Å². The Kier molecular flexibility index (Phi) is 16.2. The van der Waals surface area contributed by atoms with E-state index < -0.39 is 78.0 Å². The second-order valence-electron chi connectivity index (χ2n) is 12.0. The van der Waals surface area contributed by atoms with Gasteiger partial charge in [-0.1, -0.05) is 39.8 Å². The van der Waals surface area contributed by atoms with Crippen molar-refractivity contribution in [1.82, 2.24) is 21.3 Å². The molecule has 0 aromatic heterocycles. The summed E-state index contributed by atoms with van der Waals surface area (Å²) in [5, 5.41) is 28.4. The van der Waals surface area contributed by atoms with Crippen molar-refractivity contribution in [3.63, 3.8) is 0 Å². The minimum absolute atomic E-state index is 0.0485. The van der Waals surface area contributed by atoms with Gasteiger partial charge in [0.25, 0.3) is 0 Å². The summed E-state index contributed by atoms with van der Waals surface area (Å²) in [7, 11) is 0. The van der Waals surface area contributed by atoms with Gasteiger partial charge in [0.05, 0.1) is 12.5 Å². The molecule has 1 aromatic rings. The first-order chi connectivity index (χ1) is 21.4. The van der Waals surface area contributed by atoms with Gasteiger partial charge in [-0.05, 0) is 55.2 Å². The van der Waals surface area contributed by atoms with E-state index in [9.17, 15) is 38.7 Å². The number of hydrogen-bond acceptors (Lipinski definition) is 9. The topological polar surface area (TPSA) is 286 Å². The molecule has 256 valence electrons. The Labute approximate surface area is 267 Å². The number of carboxylic acid groups (broad SMARTS) is 1. The molecule has 0 aliphatic heterocycles. The fourth-order valence-electron chi connectivity index (χ4n) is 4.43. The molecule has 0 saturated carbocycles. The first-order valence-corrected chi connectivity index (χ1v) is 14.9. The van der Waals surface area contributed by atoms with Crippen LogP contribution in [-0.4, -0.2) is 81.8 Å². The van der Waals surface area contributed by atoms with Crippen molar-refractivity contribution in [3.05, 3.63) is 29.8 Å². The number of nitrogens with two attached hydrogens (primary N) is 3. The van der Waals surface area contributed by atoms with Crippen LogP contribution in [0.1, 0.15) is 65.4 Å². The third kappa shape index (κ3) is 14.8. The zero-order chi connectivity index (χ0) is 35.1. The smallest absolute Gasteiger partial charge is 0.305 e. The summed E-state index contributed by atoms with van der Waals surface area (Å²) in [4.78, 5) is 87.1. The first-order valence-electron chi connectivity index (χ1n) is 14.9. The van der Waals surface area contributed by atoms with Crippen molar-refractivity contribution in [2.24, 2.45) is 29.0 Å². The maximum atomic E-state index is 13.5. The zero-order valence-corrected chi connectivity index (χ0v) is 26.6. The number of phenols is 1. The van der Waals surface area contributed by atoms with Crippen molar-refractivity contribution in [1.29, 1.82) is 0 Å². The lowest BCUT2D eigenvalue weighted by Gasteiger charge is -2.27. The highest BCUT2D eigenvalue weighted by molar-refractivity contribution is 5.96. The van der Waals surface area contributed by atoms with Gasteiger partial charge >= 0.3 is 5.97 Å². The Hall–Kier alpha value is -4.73. The lowest BCUT2D eigenvalue weighted by molar-refractivity contribution is -0.140. The summed E-state index contributed by atoms with van der Waals surface area (Å²) in [5.74, 6) is -6.50. The monoisotopic (exact) mass is 649 g/mol. The van der Waals surface area contributed by atoms with Gasteiger partial charge in [0.2, 0.25) is 35.4 Å². The number of hydrogen-bond donors (Lipinski definition) is 9. The van der Waals surface area contributed by atoms with E-state index >= 15 is 0 Å². The molecule has 16 heteroatoms. The van der Waals surface area contributed by atoms with Crippen LogP contribution in [0.4, 0.5) is 0 Å². The van der Waals surface area contributed by atoms with Crippen LogP contribution in [0.5, 0.6) is 5.75 Å². The average Bonchev–Trinajstić information content (AvgIpc) is 2.94. The molecule has 0 aliphatic carbocycles. The van der Waals surface area contributed by atoms with E-state index in [1.54, 1.807) is 26.0 Å². The van der Waals surface area contributed by atoms with Gasteiger partial charge in [0, 0.05) is 6.42 Å². The van der Waals surface area contributed by atoms with Crippen LogP contribution in [0.15, 0.2) is 24.3 Å². The van der Waals surface area contributed by atoms with Crippen molar-refractivity contribution in [2.75, 3.05) is 0 Å². The Balaban J connectivity index is 3.14. The molecule has 0 saturated heterocycles. The minimum atomic E-state index is -1.59. The Morgan fingerprint density at radius 3 is 1.57 bits per heavy atom. The molecule has 6 amide bonds. The molecule has 0 aliphatic rings. The van der Waals surface area contributed by atoms with Crippen LogP contribution in [0.25, 0.3) is 0 Å². The van der Waals surface area contributed by atoms with Crippen LogP contribution in [-0.2, 0) is 40.0 Å². The molecule has 0 fully saturated rings. The number of phenolic OH excluding ortho intramolecular Hbond substituents is 1. The highest BCUT2D eigenvalue weighted by Gasteiger charge is 2.32. The molecular formula is C30H47N7O9. The lowest BCUT2D eigenvalue weighted by Crippen LogP contribution is -2.59. The molecule has 5 atom stereocenters. The number of primary amides is 2. The maximum Gasteiger partial charge on any atom is 0.305 e. The highest BCUT2D eigenvalue weighted by Crippen LogP contribution is 2.13. The Morgan fingerprint density at radius 2 is 1.13 bits per heavy atom. The standard InChI is InChI=1S/C30H47N7O9/c1-15(2)11-22(36-27(43)19(31)13-17-5-7-18(38)8-6-17)30(46)37-23(12-16(3)4)29(45)34-20(9-10-24(32)39)28(44)35-21(26(33)42)14-25(40)41/h5-8,15-16,19-23,38H,9-14,31H2,1-4H3,(H2,32,39)(H2,33,42)(H,34,45)(H,35,44)(H,36,43)(H,37,46)(H,40,41)/t19-,20-,21-,22-,23-/m0/s1. The predicted molar refractivity (Wildman–Crippen MR) is 166 cm³/mol. The Bertz CT molecular complexity index is 1240. The summed E-state index contributed by atoms with van der Waals surface area (Å²) in [6.45, 7) is 7.27. The van der Waals surface area contributed by atoms with Crippen LogP contribution < -0.4 is 38.5 Å². The second-order valence-corrected chi connectivity index (χ2v) is 12.0. The average molecular weight is 650 g/mol. The fraction of sp³-hybridized carbons (Fsp3) is 0.567. The van der Waals surface area contributed by atoms with Gasteiger partial charge in [-0.3, -0.25) is 33.6 Å². The Morgan fingerprint density at radius 1 is 0.696 bits per heavy atom. The maximum absolute atomic E-state index is 13.5. The molecule has 1 rings (SSSR count). The molecular weight excluding hydrogens is 602 g/mol. The number of benzene rings is 1. The van der Waals surface area contributed by atoms with Crippen LogP contribution in [0.3, 0.4) is 0 Å². The number of carbonyl (C=O) groups excluding carboxylic acids is 6. The van der Waals surface area contributed by atoms with E-state index in [1.807, 2.05) is 13.8 Å². The van der Waals surface area contributed by atoms with Crippen molar-refractivity contribution in [2.45, 2.75) is 96.4 Å². The zero-order valence-electron chi connectivity index (χ0n) is 26.6. The minimum Gasteiger partial charge on any atom is -0.508 e. The quantitative estimate of drug-likeness (QED) is 0.0789. The first kappa shape index (κ1) is 39.3. The third-order valence-electron chi connectivity index (χ3n) is 6.76. The van der Waals surface area contributed by atoms with Gasteiger partial charge in [-0.15, -0.1) is 0 Å². The largest absolute Gasteiger partial charge is 0.508 e. The number of nitrogens with one attached hydrogen (secondary N) is 4. The van der Waals surface area contributed by atoms with Gasteiger partial charge in [-0.2, -0.15) is 0 Å². The van der Waals surface area contributed by atoms with Crippen molar-refractivity contribution in [3.8, 4) is 5.75 Å². The van der Waals surface area contributed by atoms with Crippen LogP contribution in [0.2, 0.25) is 0 Å². The van der Waals surface area contributed by atoms with Gasteiger partial charge in [0.1, 0.15) is 29.9 Å². The number of amides is 6. The highest BCUT2D eigenvalue weighted by atomic mass is 16.4. The van der Waals surface area contributed by atoms with Gasteiger partial charge < -0.3 is 48.7 Å². The number of aliphatic carboxylic acids is 1. The number of aromatic hydroxyl groups is 1. The fourth-order valence-corrected chi connectivity index (χ4v) is 4.43. The van der Waals surface area contributed by atoms with E-state index in [0.29, 0.717) is 5.56 Å². The molecule has 46 heavy (non-hydrogen) atoms. The normalized spacial score (nSPS) is 14.3. The summed E-state index contributed by atoms with van der Waals surface area (Å²) in [6.07, 6.45) is -0.983. The predicted octanol–water partition coefficient (Wildman–Crippen LogP) is -1.48. The molecule has 0 bridgehead atoms. The van der Waals surface area contributed by atoms with E-state index in [1.165, 1.54) is 12.1 Å². The molecule has 16 nitrogen and oxygen atoms in total. The third-order valence-corrected chi connectivity index (χ3v) is 6.76. The van der Waals surface area contributed by atoms with E-state index in [2.05, 4.69) is 21.3 Å². The lowest BCUT2D eigenvalue weighted by atomic mass is 9.99. The number of carboxylic acids is 1. The number of carbonyl (C=O) groups is 7. The van der Waals surface area contributed by atoms with E-state index in [4.69, 9.17) is 22.3 Å². The summed E-state index contributed by atoms with van der Waals surface area (Å²) < 4.78 is 0. The molecule has 12 N–H and O–H groups in total. The molecule has 0 unspecified atom stereocenters. The molecule has 0 heterocycles. The SMILES string of the molecule is CC(C)C[C@H](NC(=O)[C@H](CC(C)C)NC(=O)[C@@H](N)Cc1ccc(O)cc1)C(=O)N[C@@H](CCC(N)=O)C(=O)N[C@@H](CC(=O)O)C(N)=O. The summed E-state index contributed by atoms with van der Waals surface area (Å²) in [6, 6.07) is -0.152. The second kappa shape index (κ2) is 18.9. The molecule has 1 aromatic carbocycles. The molecule has 0 spiro atoms. The summed E-state index contributed by atoms with van der Waals surface area (Å²) >= 11 is 0. The van der Waals surface area contributed by atoms with E-state index in [0.717, 1.165) is 0 Å². The van der Waals surface area contributed by atoms with Crippen LogP contribution in [0, 0.1) is 11.8 Å². The van der Waals surface area contributed by atoms with Crippen LogP contribution >= 0.6 is 0 Å². The molecule has 0 radical (unpaired) electrons. The van der Waals surface area contributed by atoms with Gasteiger partial charge in [0.15, 0.2) is 0 Å². The van der Waals surface area contributed by atoms with E-state index in [-0.39, 0.29) is 49.7 Å². The van der Waals surface area contributed by atoms with Crippen molar-refractivity contribution < 1.29 is 43.8 Å². The number of rotatable bonds is 20.